The Morgan fingerprint density at radius 2 is 2.05 bits per heavy atom. The summed E-state index contributed by atoms with van der Waals surface area (Å²) in [5, 5.41) is 10.5. The maximum absolute atomic E-state index is 13.1. The monoisotopic (exact) mass is 270 g/mol. The highest BCUT2D eigenvalue weighted by atomic mass is 19.1. The Morgan fingerprint density at radius 1 is 1.25 bits per heavy atom. The van der Waals surface area contributed by atoms with E-state index in [1.165, 1.54) is 23.3 Å². The summed E-state index contributed by atoms with van der Waals surface area (Å²) in [5.41, 5.74) is 4.57. The van der Waals surface area contributed by atoms with Crippen molar-refractivity contribution < 1.29 is 9.50 Å². The molecule has 0 saturated heterocycles. The van der Waals surface area contributed by atoms with E-state index in [2.05, 4.69) is 18.2 Å². The molecule has 0 aliphatic heterocycles. The van der Waals surface area contributed by atoms with Gasteiger partial charge >= 0.3 is 0 Å². The Labute approximate surface area is 119 Å². The van der Waals surface area contributed by atoms with E-state index in [0.29, 0.717) is 6.42 Å². The van der Waals surface area contributed by atoms with Crippen molar-refractivity contribution in [3.8, 4) is 0 Å². The molecule has 1 nitrogen and oxygen atoms in total. The van der Waals surface area contributed by atoms with Crippen LogP contribution in [0.2, 0.25) is 0 Å². The first-order valence-electron chi connectivity index (χ1n) is 7.16. The van der Waals surface area contributed by atoms with E-state index in [1.807, 2.05) is 13.0 Å². The van der Waals surface area contributed by atoms with Crippen LogP contribution in [0, 0.1) is 12.7 Å². The minimum atomic E-state index is -0.400. The van der Waals surface area contributed by atoms with Gasteiger partial charge in [-0.15, -0.1) is 0 Å². The molecular weight excluding hydrogens is 251 g/mol. The number of aryl methyl sites for hydroxylation is 2. The first-order chi connectivity index (χ1) is 9.65. The van der Waals surface area contributed by atoms with Crippen LogP contribution in [0.1, 0.15) is 34.6 Å². The minimum Gasteiger partial charge on any atom is -0.392 e. The predicted molar refractivity (Wildman–Crippen MR) is 78.4 cm³/mol. The molecule has 0 bridgehead atoms. The number of aliphatic hydroxyl groups excluding tert-OH is 1. The van der Waals surface area contributed by atoms with E-state index >= 15 is 0 Å². The fourth-order valence-corrected chi connectivity index (χ4v) is 3.25. The summed E-state index contributed by atoms with van der Waals surface area (Å²) < 4.78 is 13.1. The third kappa shape index (κ3) is 2.48. The molecule has 2 heteroatoms. The second kappa shape index (κ2) is 5.37. The summed E-state index contributed by atoms with van der Waals surface area (Å²) in [6.07, 6.45) is 2.23. The smallest absolute Gasteiger partial charge is 0.123 e. The molecule has 1 aliphatic carbocycles. The summed E-state index contributed by atoms with van der Waals surface area (Å²) in [5.74, 6) is -0.0115. The maximum Gasteiger partial charge on any atom is 0.123 e. The van der Waals surface area contributed by atoms with Gasteiger partial charge in [0.15, 0.2) is 0 Å². The van der Waals surface area contributed by atoms with Gasteiger partial charge in [0.1, 0.15) is 5.82 Å². The Balaban J connectivity index is 1.79. The first-order valence-corrected chi connectivity index (χ1v) is 7.16. The van der Waals surface area contributed by atoms with Crippen LogP contribution in [-0.2, 0) is 12.8 Å². The van der Waals surface area contributed by atoms with Crippen molar-refractivity contribution in [2.24, 2.45) is 0 Å². The van der Waals surface area contributed by atoms with Gasteiger partial charge in [-0.25, -0.2) is 4.39 Å². The molecule has 1 aliphatic rings. The van der Waals surface area contributed by atoms with Gasteiger partial charge in [-0.3, -0.25) is 0 Å². The second-order valence-corrected chi connectivity index (χ2v) is 5.69. The van der Waals surface area contributed by atoms with Gasteiger partial charge < -0.3 is 5.11 Å². The van der Waals surface area contributed by atoms with Crippen LogP contribution in [0.15, 0.2) is 42.5 Å². The summed E-state index contributed by atoms with van der Waals surface area (Å²) >= 11 is 0. The molecule has 0 amide bonds. The van der Waals surface area contributed by atoms with Gasteiger partial charge in [0, 0.05) is 5.92 Å². The van der Waals surface area contributed by atoms with Crippen molar-refractivity contribution in [1.29, 1.82) is 0 Å². The zero-order chi connectivity index (χ0) is 14.1. The van der Waals surface area contributed by atoms with Crippen LogP contribution in [0.5, 0.6) is 0 Å². The fourth-order valence-electron chi connectivity index (χ4n) is 3.25. The standard InChI is InChI=1S/C18H19FO/c1-12-10-15(19)8-6-14(12)11-18(20)17-9-7-13-4-2-3-5-16(13)17/h2-6,8,10,17-18,20H,7,9,11H2,1H3. The van der Waals surface area contributed by atoms with E-state index in [0.717, 1.165) is 24.0 Å². The summed E-state index contributed by atoms with van der Waals surface area (Å²) in [6.45, 7) is 1.90. The van der Waals surface area contributed by atoms with Crippen molar-refractivity contribution in [1.82, 2.24) is 0 Å². The molecule has 2 atom stereocenters. The Bertz CT molecular complexity index is 621. The van der Waals surface area contributed by atoms with Crippen LogP contribution in [0.25, 0.3) is 0 Å². The number of fused-ring (bicyclic) bond motifs is 1. The van der Waals surface area contributed by atoms with Gasteiger partial charge in [0.05, 0.1) is 6.10 Å². The van der Waals surface area contributed by atoms with Crippen LogP contribution in [0.3, 0.4) is 0 Å². The highest BCUT2D eigenvalue weighted by Gasteiger charge is 2.28. The lowest BCUT2D eigenvalue weighted by molar-refractivity contribution is 0.143. The van der Waals surface area contributed by atoms with Crippen LogP contribution < -0.4 is 0 Å². The molecule has 2 unspecified atom stereocenters. The van der Waals surface area contributed by atoms with Crippen LogP contribution >= 0.6 is 0 Å². The predicted octanol–water partition coefficient (Wildman–Crippen LogP) is 3.77. The molecule has 0 heterocycles. The summed E-state index contributed by atoms with van der Waals surface area (Å²) in [4.78, 5) is 0. The van der Waals surface area contributed by atoms with E-state index in [1.54, 1.807) is 6.07 Å². The van der Waals surface area contributed by atoms with Gasteiger partial charge in [0.25, 0.3) is 0 Å². The topological polar surface area (TPSA) is 20.2 Å². The molecule has 0 aromatic heterocycles. The molecule has 2 aromatic rings. The molecule has 0 radical (unpaired) electrons. The normalized spacial score (nSPS) is 18.9. The lowest BCUT2D eigenvalue weighted by Gasteiger charge is -2.20. The average Bonchev–Trinajstić information content (AvgIpc) is 2.86. The SMILES string of the molecule is Cc1cc(F)ccc1CC(O)C1CCc2ccccc21. The average molecular weight is 270 g/mol. The molecular formula is C18H19FO. The van der Waals surface area contributed by atoms with E-state index < -0.39 is 6.10 Å². The van der Waals surface area contributed by atoms with Crippen molar-refractivity contribution in [3.05, 3.63) is 70.5 Å². The summed E-state index contributed by atoms with van der Waals surface area (Å²) in [7, 11) is 0. The molecule has 3 rings (SSSR count). The first kappa shape index (κ1) is 13.3. The minimum absolute atomic E-state index is 0.204. The fraction of sp³-hybridized carbons (Fsp3) is 0.333. The molecule has 104 valence electrons. The number of rotatable bonds is 3. The third-order valence-electron chi connectivity index (χ3n) is 4.38. The molecule has 1 N–H and O–H groups in total. The van der Waals surface area contributed by atoms with Gasteiger partial charge in [-0.05, 0) is 60.6 Å². The molecule has 20 heavy (non-hydrogen) atoms. The largest absolute Gasteiger partial charge is 0.392 e. The molecule has 0 spiro atoms. The summed E-state index contributed by atoms with van der Waals surface area (Å²) in [6, 6.07) is 13.1. The quantitative estimate of drug-likeness (QED) is 0.900. The highest BCUT2D eigenvalue weighted by molar-refractivity contribution is 5.36. The molecule has 0 saturated carbocycles. The molecule has 0 fully saturated rings. The third-order valence-corrected chi connectivity index (χ3v) is 4.38. The highest BCUT2D eigenvalue weighted by Crippen LogP contribution is 2.36. The number of halogens is 1. The van der Waals surface area contributed by atoms with Crippen molar-refractivity contribution in [3.63, 3.8) is 0 Å². The van der Waals surface area contributed by atoms with Crippen molar-refractivity contribution in [2.45, 2.75) is 38.2 Å². The Kier molecular flexibility index (Phi) is 3.58. The zero-order valence-corrected chi connectivity index (χ0v) is 11.6. The number of benzene rings is 2. The van der Waals surface area contributed by atoms with E-state index in [9.17, 15) is 9.50 Å². The van der Waals surface area contributed by atoms with Gasteiger partial charge in [0.2, 0.25) is 0 Å². The number of aliphatic hydroxyl groups is 1. The van der Waals surface area contributed by atoms with Crippen molar-refractivity contribution in [2.75, 3.05) is 0 Å². The van der Waals surface area contributed by atoms with Crippen LogP contribution in [-0.4, -0.2) is 11.2 Å². The van der Waals surface area contributed by atoms with Crippen molar-refractivity contribution >= 4 is 0 Å². The second-order valence-electron chi connectivity index (χ2n) is 5.69. The Hall–Kier alpha value is -1.67. The maximum atomic E-state index is 13.1. The van der Waals surface area contributed by atoms with Gasteiger partial charge in [-0.2, -0.15) is 0 Å². The van der Waals surface area contributed by atoms with Gasteiger partial charge in [-0.1, -0.05) is 30.3 Å². The lowest BCUT2D eigenvalue weighted by atomic mass is 9.90. The van der Waals surface area contributed by atoms with E-state index in [4.69, 9.17) is 0 Å². The number of hydrogen-bond donors (Lipinski definition) is 1. The van der Waals surface area contributed by atoms with E-state index in [-0.39, 0.29) is 11.7 Å². The lowest BCUT2D eigenvalue weighted by Crippen LogP contribution is -2.19. The Morgan fingerprint density at radius 3 is 2.85 bits per heavy atom. The number of hydrogen-bond acceptors (Lipinski definition) is 1. The molecule has 2 aromatic carbocycles. The zero-order valence-electron chi connectivity index (χ0n) is 11.6. The van der Waals surface area contributed by atoms with Crippen LogP contribution in [0.4, 0.5) is 4.39 Å².